The van der Waals surface area contributed by atoms with Crippen molar-refractivity contribution in [2.24, 2.45) is 0 Å². The number of nitrogens with one attached hydrogen (secondary N) is 1. The van der Waals surface area contributed by atoms with Crippen molar-refractivity contribution in [1.82, 2.24) is 0 Å². The minimum Gasteiger partial charge on any atom is -0.422 e. The highest BCUT2D eigenvalue weighted by molar-refractivity contribution is 9.11. The molecule has 0 unspecified atom stereocenters. The van der Waals surface area contributed by atoms with Gasteiger partial charge in [-0.25, -0.2) is 4.79 Å². The van der Waals surface area contributed by atoms with E-state index < -0.39 is 0 Å². The second-order valence-corrected chi connectivity index (χ2v) is 6.61. The first-order chi connectivity index (χ1) is 12.5. The van der Waals surface area contributed by atoms with Gasteiger partial charge in [-0.15, -0.1) is 0 Å². The molecule has 0 atom stereocenters. The van der Waals surface area contributed by atoms with Gasteiger partial charge in [-0.2, -0.15) is 0 Å². The van der Waals surface area contributed by atoms with Crippen LogP contribution in [-0.4, -0.2) is 11.9 Å². The maximum Gasteiger partial charge on any atom is 0.336 e. The van der Waals surface area contributed by atoms with Gasteiger partial charge in [0.15, 0.2) is 0 Å². The quantitative estimate of drug-likeness (QED) is 0.739. The van der Waals surface area contributed by atoms with Crippen molar-refractivity contribution in [2.75, 3.05) is 5.32 Å². The minimum absolute atomic E-state index is 0.0522. The van der Waals surface area contributed by atoms with Gasteiger partial charge in [0.25, 0.3) is 0 Å². The average Bonchev–Trinajstić information content (AvgIpc) is 2.98. The van der Waals surface area contributed by atoms with Gasteiger partial charge in [-0.1, -0.05) is 57.9 Å². The van der Waals surface area contributed by atoms with E-state index in [1.807, 2.05) is 55.5 Å². The molecule has 1 N–H and O–H groups in total. The first-order valence-electron chi connectivity index (χ1n) is 8.21. The van der Waals surface area contributed by atoms with Gasteiger partial charge < -0.3 is 10.1 Å². The molecule has 0 fully saturated rings. The summed E-state index contributed by atoms with van der Waals surface area (Å²) in [4.78, 5) is 25.1. The number of ether oxygens (including phenoxy) is 1. The normalized spacial score (nSPS) is 14.9. The Morgan fingerprint density at radius 1 is 1.08 bits per heavy atom. The monoisotopic (exact) mass is 411 g/mol. The smallest absolute Gasteiger partial charge is 0.336 e. The third kappa shape index (κ3) is 4.70. The molecule has 1 aliphatic heterocycles. The predicted octanol–water partition coefficient (Wildman–Crippen LogP) is 4.44. The van der Waals surface area contributed by atoms with Crippen molar-refractivity contribution in [3.63, 3.8) is 0 Å². The van der Waals surface area contributed by atoms with Crippen LogP contribution in [0.1, 0.15) is 16.7 Å². The number of amides is 1. The van der Waals surface area contributed by atoms with Gasteiger partial charge in [0, 0.05) is 28.7 Å². The van der Waals surface area contributed by atoms with Crippen LogP contribution in [0.25, 0.3) is 0 Å². The van der Waals surface area contributed by atoms with E-state index in [4.69, 9.17) is 4.74 Å². The van der Waals surface area contributed by atoms with Crippen molar-refractivity contribution in [2.45, 2.75) is 19.8 Å². The Kier molecular flexibility index (Phi) is 5.68. The summed E-state index contributed by atoms with van der Waals surface area (Å²) in [5, 5.41) is 2.90. The molecule has 3 rings (SSSR count). The highest BCUT2D eigenvalue weighted by Gasteiger charge is 2.19. The Morgan fingerprint density at radius 2 is 1.73 bits per heavy atom. The summed E-state index contributed by atoms with van der Waals surface area (Å²) in [6, 6.07) is 15.5. The number of hydrogen-bond donors (Lipinski definition) is 1. The fourth-order valence-corrected chi connectivity index (χ4v) is 3.06. The summed E-state index contributed by atoms with van der Waals surface area (Å²) in [6.45, 7) is 2.02. The fraction of sp³-hybridized carbons (Fsp3) is 0.143. The van der Waals surface area contributed by atoms with Gasteiger partial charge in [0.2, 0.25) is 5.91 Å². The van der Waals surface area contributed by atoms with E-state index in [9.17, 15) is 9.59 Å². The van der Waals surface area contributed by atoms with Gasteiger partial charge in [-0.05, 0) is 30.2 Å². The molecule has 0 aliphatic carbocycles. The number of carbonyl (C=O) groups excluding carboxylic acids is 2. The van der Waals surface area contributed by atoms with Crippen LogP contribution in [0.2, 0.25) is 0 Å². The molecule has 0 saturated heterocycles. The summed E-state index contributed by atoms with van der Waals surface area (Å²) in [5.41, 5.74) is 4.75. The lowest BCUT2D eigenvalue weighted by Gasteiger charge is -2.08. The maximum absolute atomic E-state index is 12.2. The summed E-state index contributed by atoms with van der Waals surface area (Å²) >= 11 is 3.20. The SMILES string of the molecule is Cc1ccc(CC(=O)Nc2ccc(CC3=CC(=O)O/C3=C/Br)cc2)cc1. The van der Waals surface area contributed by atoms with E-state index in [-0.39, 0.29) is 11.9 Å². The van der Waals surface area contributed by atoms with Crippen molar-refractivity contribution in [3.8, 4) is 0 Å². The van der Waals surface area contributed by atoms with Gasteiger partial charge in [0.1, 0.15) is 5.76 Å². The zero-order valence-corrected chi connectivity index (χ0v) is 15.9. The van der Waals surface area contributed by atoms with Crippen molar-refractivity contribution in [1.29, 1.82) is 0 Å². The maximum atomic E-state index is 12.2. The van der Waals surface area contributed by atoms with Crippen LogP contribution < -0.4 is 5.32 Å². The largest absolute Gasteiger partial charge is 0.422 e. The number of allylic oxidation sites excluding steroid dienone is 1. The number of carbonyl (C=O) groups is 2. The van der Waals surface area contributed by atoms with Crippen LogP contribution in [0, 0.1) is 6.92 Å². The predicted molar refractivity (Wildman–Crippen MR) is 105 cm³/mol. The summed E-state index contributed by atoms with van der Waals surface area (Å²) in [5.74, 6) is 0.125. The third-order valence-electron chi connectivity index (χ3n) is 4.04. The first kappa shape index (κ1) is 18.1. The lowest BCUT2D eigenvalue weighted by molar-refractivity contribution is -0.132. The van der Waals surface area contributed by atoms with Gasteiger partial charge in [0.05, 0.1) is 6.42 Å². The molecule has 0 spiro atoms. The van der Waals surface area contributed by atoms with Crippen LogP contribution >= 0.6 is 15.9 Å². The number of anilines is 1. The van der Waals surface area contributed by atoms with E-state index in [0.29, 0.717) is 18.6 Å². The molecule has 0 bridgehead atoms. The molecule has 0 aromatic heterocycles. The molecule has 26 heavy (non-hydrogen) atoms. The van der Waals surface area contributed by atoms with Crippen LogP contribution in [0.4, 0.5) is 5.69 Å². The Labute approximate surface area is 160 Å². The van der Waals surface area contributed by atoms with E-state index in [0.717, 1.165) is 22.4 Å². The molecular weight excluding hydrogens is 394 g/mol. The van der Waals surface area contributed by atoms with Crippen LogP contribution in [0.15, 0.2) is 70.9 Å². The standard InChI is InChI=1S/C21H18BrNO3/c1-14-2-4-16(5-3-14)11-20(24)23-18-8-6-15(7-9-18)10-17-12-21(25)26-19(17)13-22/h2-9,12-13H,10-11H2,1H3,(H,23,24)/b19-13+. The number of esters is 1. The topological polar surface area (TPSA) is 55.4 Å². The lowest BCUT2D eigenvalue weighted by atomic mass is 10.0. The Balaban J connectivity index is 1.59. The zero-order chi connectivity index (χ0) is 18.5. The molecule has 2 aromatic rings. The zero-order valence-electron chi connectivity index (χ0n) is 14.3. The summed E-state index contributed by atoms with van der Waals surface area (Å²) < 4.78 is 5.06. The first-order valence-corrected chi connectivity index (χ1v) is 9.12. The van der Waals surface area contributed by atoms with E-state index in [1.165, 1.54) is 11.6 Å². The number of aryl methyl sites for hydroxylation is 1. The summed E-state index contributed by atoms with van der Waals surface area (Å²) in [7, 11) is 0. The highest BCUT2D eigenvalue weighted by Crippen LogP contribution is 2.25. The lowest BCUT2D eigenvalue weighted by Crippen LogP contribution is -2.14. The Hall–Kier alpha value is -2.66. The van der Waals surface area contributed by atoms with E-state index in [2.05, 4.69) is 21.2 Å². The van der Waals surface area contributed by atoms with Crippen molar-refractivity contribution in [3.05, 3.63) is 87.6 Å². The number of cyclic esters (lactones) is 1. The molecule has 1 amide bonds. The molecule has 4 nitrogen and oxygen atoms in total. The number of halogens is 1. The van der Waals surface area contributed by atoms with E-state index in [1.54, 1.807) is 4.99 Å². The van der Waals surface area contributed by atoms with Gasteiger partial charge in [-0.3, -0.25) is 4.79 Å². The van der Waals surface area contributed by atoms with Crippen LogP contribution in [-0.2, 0) is 27.2 Å². The van der Waals surface area contributed by atoms with Crippen molar-refractivity contribution >= 4 is 33.5 Å². The molecule has 1 heterocycles. The summed E-state index contributed by atoms with van der Waals surface area (Å²) in [6.07, 6.45) is 2.42. The molecule has 132 valence electrons. The minimum atomic E-state index is -0.356. The molecular formula is C21H18BrNO3. The Morgan fingerprint density at radius 3 is 2.38 bits per heavy atom. The second kappa shape index (κ2) is 8.15. The molecule has 2 aromatic carbocycles. The van der Waals surface area contributed by atoms with Gasteiger partial charge >= 0.3 is 5.97 Å². The molecule has 0 saturated carbocycles. The average molecular weight is 412 g/mol. The molecule has 1 aliphatic rings. The second-order valence-electron chi connectivity index (χ2n) is 6.15. The van der Waals surface area contributed by atoms with Crippen LogP contribution in [0.3, 0.4) is 0 Å². The van der Waals surface area contributed by atoms with Crippen LogP contribution in [0.5, 0.6) is 0 Å². The fourth-order valence-electron chi connectivity index (χ4n) is 2.67. The third-order valence-corrected chi connectivity index (χ3v) is 4.45. The number of benzene rings is 2. The molecule has 5 heteroatoms. The van der Waals surface area contributed by atoms with Crippen molar-refractivity contribution < 1.29 is 14.3 Å². The highest BCUT2D eigenvalue weighted by atomic mass is 79.9. The molecule has 0 radical (unpaired) electrons. The number of rotatable bonds is 5. The van der Waals surface area contributed by atoms with E-state index >= 15 is 0 Å². The Bertz CT molecular complexity index is 880. The number of hydrogen-bond acceptors (Lipinski definition) is 3.